The summed E-state index contributed by atoms with van der Waals surface area (Å²) in [5, 5.41) is 0. The fraction of sp³-hybridized carbons (Fsp3) is 0.100. The first-order valence-corrected chi connectivity index (χ1v) is 7.44. The van der Waals surface area contributed by atoms with Gasteiger partial charge in [0.1, 0.15) is 0 Å². The van der Waals surface area contributed by atoms with E-state index in [1.165, 1.54) is 0 Å². The third kappa shape index (κ3) is 2.87. The molecule has 0 nitrogen and oxygen atoms in total. The summed E-state index contributed by atoms with van der Waals surface area (Å²) in [5.41, 5.74) is 2.68. The molecule has 0 atom stereocenters. The molecule has 0 amide bonds. The predicted molar refractivity (Wildman–Crippen MR) is 86.6 cm³/mol. The smallest absolute Gasteiger partial charge is 0.195 e. The van der Waals surface area contributed by atoms with Gasteiger partial charge in [-0.15, -0.1) is 0 Å². The van der Waals surface area contributed by atoms with Crippen molar-refractivity contribution in [2.24, 2.45) is 0 Å². The molecule has 0 spiro atoms. The largest absolute Gasteiger partial charge is 0.204 e. The van der Waals surface area contributed by atoms with E-state index in [0.717, 1.165) is 18.1 Å². The van der Waals surface area contributed by atoms with Crippen LogP contribution in [0.4, 0.5) is 13.2 Å². The summed E-state index contributed by atoms with van der Waals surface area (Å²) < 4.78 is 42.0. The van der Waals surface area contributed by atoms with Gasteiger partial charge in [-0.25, -0.2) is 13.2 Å². The standard InChI is InChI=1S/C20H15F3/c1-2-13-8-10-15(11-9-13)18-16(14-6-4-3-5-7-14)12-17(21)19(22)20(18)23/h3-12H,2H2,1H3. The maximum Gasteiger partial charge on any atom is 0.195 e. The summed E-state index contributed by atoms with van der Waals surface area (Å²) in [6.45, 7) is 2.02. The van der Waals surface area contributed by atoms with Gasteiger partial charge in [0.15, 0.2) is 17.5 Å². The van der Waals surface area contributed by atoms with Crippen LogP contribution in [0.15, 0.2) is 60.7 Å². The predicted octanol–water partition coefficient (Wildman–Crippen LogP) is 6.00. The lowest BCUT2D eigenvalue weighted by Gasteiger charge is -2.13. The monoisotopic (exact) mass is 312 g/mol. The van der Waals surface area contributed by atoms with Crippen LogP contribution < -0.4 is 0 Å². The molecule has 0 saturated carbocycles. The zero-order valence-electron chi connectivity index (χ0n) is 12.6. The summed E-state index contributed by atoms with van der Waals surface area (Å²) in [5.74, 6) is -3.79. The Balaban J connectivity index is 2.27. The van der Waals surface area contributed by atoms with E-state index < -0.39 is 17.5 Å². The van der Waals surface area contributed by atoms with Crippen molar-refractivity contribution in [1.82, 2.24) is 0 Å². The molecule has 3 rings (SSSR count). The molecule has 0 heterocycles. The van der Waals surface area contributed by atoms with E-state index in [9.17, 15) is 13.2 Å². The molecule has 0 N–H and O–H groups in total. The molecule has 0 bridgehead atoms. The minimum atomic E-state index is -1.45. The Morgan fingerprint density at radius 3 is 2.00 bits per heavy atom. The number of halogens is 3. The van der Waals surface area contributed by atoms with Gasteiger partial charge in [0.05, 0.1) is 0 Å². The molecule has 0 aliphatic heterocycles. The van der Waals surface area contributed by atoms with Gasteiger partial charge < -0.3 is 0 Å². The van der Waals surface area contributed by atoms with Gasteiger partial charge in [0.2, 0.25) is 0 Å². The third-order valence-corrected chi connectivity index (χ3v) is 3.90. The molecule has 0 unspecified atom stereocenters. The van der Waals surface area contributed by atoms with Crippen molar-refractivity contribution < 1.29 is 13.2 Å². The average Bonchev–Trinajstić information content (AvgIpc) is 2.60. The lowest BCUT2D eigenvalue weighted by Crippen LogP contribution is -1.98. The van der Waals surface area contributed by atoms with Crippen molar-refractivity contribution in [3.63, 3.8) is 0 Å². The molecular weight excluding hydrogens is 297 g/mol. The highest BCUT2D eigenvalue weighted by atomic mass is 19.2. The summed E-state index contributed by atoms with van der Waals surface area (Å²) in [4.78, 5) is 0. The Bertz CT molecular complexity index is 822. The highest BCUT2D eigenvalue weighted by molar-refractivity contribution is 5.84. The van der Waals surface area contributed by atoms with Crippen molar-refractivity contribution >= 4 is 0 Å². The molecule has 0 aromatic heterocycles. The highest BCUT2D eigenvalue weighted by Gasteiger charge is 2.20. The first-order chi connectivity index (χ1) is 11.1. The van der Waals surface area contributed by atoms with Crippen molar-refractivity contribution in [3.05, 3.63) is 83.7 Å². The van der Waals surface area contributed by atoms with E-state index in [1.807, 2.05) is 25.1 Å². The summed E-state index contributed by atoms with van der Waals surface area (Å²) in [6.07, 6.45) is 0.853. The Hall–Kier alpha value is -2.55. The highest BCUT2D eigenvalue weighted by Crippen LogP contribution is 2.36. The molecule has 3 aromatic rings. The van der Waals surface area contributed by atoms with Crippen LogP contribution in [0.3, 0.4) is 0 Å². The van der Waals surface area contributed by atoms with Crippen molar-refractivity contribution in [2.75, 3.05) is 0 Å². The Labute approximate surface area is 133 Å². The van der Waals surface area contributed by atoms with Gasteiger partial charge in [0, 0.05) is 5.56 Å². The van der Waals surface area contributed by atoms with E-state index >= 15 is 0 Å². The summed E-state index contributed by atoms with van der Waals surface area (Å²) in [6, 6.07) is 17.1. The molecule has 0 radical (unpaired) electrons. The van der Waals surface area contributed by atoms with Crippen LogP contribution in [0, 0.1) is 17.5 Å². The molecular formula is C20H15F3. The van der Waals surface area contributed by atoms with E-state index in [4.69, 9.17) is 0 Å². The fourth-order valence-corrected chi connectivity index (χ4v) is 2.63. The van der Waals surface area contributed by atoms with Gasteiger partial charge in [-0.05, 0) is 34.7 Å². The van der Waals surface area contributed by atoms with Crippen LogP contribution in [0.1, 0.15) is 12.5 Å². The summed E-state index contributed by atoms with van der Waals surface area (Å²) >= 11 is 0. The van der Waals surface area contributed by atoms with Crippen LogP contribution in [0.2, 0.25) is 0 Å². The van der Waals surface area contributed by atoms with Gasteiger partial charge in [-0.2, -0.15) is 0 Å². The quantitative estimate of drug-likeness (QED) is 0.520. The third-order valence-electron chi connectivity index (χ3n) is 3.90. The minimum absolute atomic E-state index is 0.0813. The zero-order valence-corrected chi connectivity index (χ0v) is 12.6. The number of aryl methyl sites for hydroxylation is 1. The number of benzene rings is 3. The van der Waals surface area contributed by atoms with Gasteiger partial charge in [-0.1, -0.05) is 61.5 Å². The maximum absolute atomic E-state index is 14.5. The van der Waals surface area contributed by atoms with E-state index in [-0.39, 0.29) is 5.56 Å². The molecule has 0 aliphatic rings. The molecule has 3 aromatic carbocycles. The van der Waals surface area contributed by atoms with Crippen LogP contribution >= 0.6 is 0 Å². The zero-order chi connectivity index (χ0) is 16.4. The second-order valence-electron chi connectivity index (χ2n) is 5.33. The van der Waals surface area contributed by atoms with Crippen LogP contribution in [-0.4, -0.2) is 0 Å². The minimum Gasteiger partial charge on any atom is -0.204 e. The first kappa shape index (κ1) is 15.3. The van der Waals surface area contributed by atoms with E-state index in [1.54, 1.807) is 36.4 Å². The number of hydrogen-bond acceptors (Lipinski definition) is 0. The van der Waals surface area contributed by atoms with Crippen molar-refractivity contribution in [2.45, 2.75) is 13.3 Å². The van der Waals surface area contributed by atoms with Gasteiger partial charge >= 0.3 is 0 Å². The van der Waals surface area contributed by atoms with Gasteiger partial charge in [0.25, 0.3) is 0 Å². The van der Waals surface area contributed by atoms with Crippen LogP contribution in [0.25, 0.3) is 22.3 Å². The molecule has 0 fully saturated rings. The Morgan fingerprint density at radius 2 is 1.39 bits per heavy atom. The molecule has 0 aliphatic carbocycles. The van der Waals surface area contributed by atoms with Crippen LogP contribution in [-0.2, 0) is 6.42 Å². The fourth-order valence-electron chi connectivity index (χ4n) is 2.63. The van der Waals surface area contributed by atoms with Crippen LogP contribution in [0.5, 0.6) is 0 Å². The topological polar surface area (TPSA) is 0 Å². The first-order valence-electron chi connectivity index (χ1n) is 7.44. The number of rotatable bonds is 3. The molecule has 23 heavy (non-hydrogen) atoms. The Kier molecular flexibility index (Phi) is 4.20. The molecule has 116 valence electrons. The van der Waals surface area contributed by atoms with Gasteiger partial charge in [-0.3, -0.25) is 0 Å². The Morgan fingerprint density at radius 1 is 0.739 bits per heavy atom. The van der Waals surface area contributed by atoms with Crippen molar-refractivity contribution in [3.8, 4) is 22.3 Å². The number of hydrogen-bond donors (Lipinski definition) is 0. The second-order valence-corrected chi connectivity index (χ2v) is 5.33. The lowest BCUT2D eigenvalue weighted by atomic mass is 9.93. The van der Waals surface area contributed by atoms with E-state index in [2.05, 4.69) is 0 Å². The normalized spacial score (nSPS) is 10.8. The SMILES string of the molecule is CCc1ccc(-c2c(-c3ccccc3)cc(F)c(F)c2F)cc1. The second kappa shape index (κ2) is 6.29. The van der Waals surface area contributed by atoms with E-state index in [0.29, 0.717) is 16.7 Å². The van der Waals surface area contributed by atoms with Crippen molar-refractivity contribution in [1.29, 1.82) is 0 Å². The maximum atomic E-state index is 14.5. The molecule has 0 saturated heterocycles. The average molecular weight is 312 g/mol. The summed E-state index contributed by atoms with van der Waals surface area (Å²) in [7, 11) is 0. The lowest BCUT2D eigenvalue weighted by molar-refractivity contribution is 0.449. The molecule has 3 heteroatoms.